The summed E-state index contributed by atoms with van der Waals surface area (Å²) < 4.78 is 109. The van der Waals surface area contributed by atoms with Gasteiger partial charge in [-0.1, -0.05) is 123 Å². The van der Waals surface area contributed by atoms with E-state index in [2.05, 4.69) is 182 Å². The number of ether oxygens (including phenoxy) is 8. The van der Waals surface area contributed by atoms with Crippen molar-refractivity contribution < 1.29 is 114 Å². The highest BCUT2D eigenvalue weighted by Crippen LogP contribution is 2.61. The largest absolute Gasteiger partial charge is 0.756 e. The van der Waals surface area contributed by atoms with E-state index >= 15 is 0 Å². The molecular formula is C76H129BrClN15O29P3Si3-3. The molecule has 44 nitrogen and oxygen atoms in total. The second-order valence-electron chi connectivity index (χ2n) is 33.6. The summed E-state index contributed by atoms with van der Waals surface area (Å²) in [6.07, 6.45) is 6.83. The maximum Gasteiger partial charge on any atom is 0.351 e. The summed E-state index contributed by atoms with van der Waals surface area (Å²) in [6, 6.07) is 7.45. The number of hydrogen-bond acceptors (Lipinski definition) is 38. The van der Waals surface area contributed by atoms with Gasteiger partial charge >= 0.3 is 28.4 Å². The highest BCUT2D eigenvalue weighted by atomic mass is 79.9. The molecular weight excluding hydrogens is 1880 g/mol. The van der Waals surface area contributed by atoms with Gasteiger partial charge in [0.2, 0.25) is 0 Å². The number of aromatic nitrogens is 10. The van der Waals surface area contributed by atoms with Crippen molar-refractivity contribution in [2.75, 3.05) is 86.9 Å². The third kappa shape index (κ3) is 37.2. The number of alkyl halides is 1. The summed E-state index contributed by atoms with van der Waals surface area (Å²) in [4.78, 5) is 119. The number of phosphoric ester groups is 1. The Morgan fingerprint density at radius 1 is 0.469 bits per heavy atom. The van der Waals surface area contributed by atoms with Gasteiger partial charge in [-0.3, -0.25) is 36.5 Å². The molecule has 128 heavy (non-hydrogen) atoms. The number of nitrogen functional groups attached to an aromatic ring is 5. The first-order valence-electron chi connectivity index (χ1n) is 39.8. The fourth-order valence-corrected chi connectivity index (χ4v) is 15.9. The number of nitrogens with two attached hydrogens (primary N) is 5. The summed E-state index contributed by atoms with van der Waals surface area (Å²) in [5.41, 5.74) is 24.6. The Morgan fingerprint density at radius 2 is 0.727 bits per heavy atom. The van der Waals surface area contributed by atoms with E-state index in [0.29, 0.717) is 50.7 Å². The standard InChI is InChI=1S/C18H31N3O4Si.C15H27N3O4Si.C12H20N3O13P3.C12H17N3O4.C9H13N3O4.C6H15ClSi.C3H5Br.CH4/c1-7-10-23-13-11-16(21-9-8-15(19)20-17(21)22)25-14(13)12-24-26(5,6)18(2,3)4;1-15(2,3)23(4,5)21-9-11-10(19)8-13(22-11)18-7-6-12(16)17-14(18)20;1-2-5-24-8-6-11(15-4-3-10(13)14-12(15)16)26-9(8)7-25-30(20,21)28-31(22,23)27-29(17,18)19;1-2-5-18-8-6-11(19-9(8)7-16)15-4-3-10(13)14-12(15)17;10-7-1-2-12(9(15)11-7)8-3-5(14)6(4-13)16-8;1-6(2,3)8(4,5)7;1-2-3-4;/h7-9,13-14,16H,1,10-12H2,2-6H3,(H2,19,20,22);6-7,10-11,13,19H,8-9H2,1-5H3,(H2,16,17,20);2-4,8-9,11H,1,5-7H2,(H,20,21)(H,22,23)(H2,13,14,16)(H2,17,18,19);2-4,8-9,11,16H,1,5-7H2,(H2,13,14,17);1-2,5-6,8,13-14H,3-4H2,(H2,10,11,15);1-5H3;2H,1,3H2;1H4/p-3/t13?,14-,16-;10?,11-,13-;2*8?,9-,11-;5?,6-,8-;;;/m11111.../s1. The number of aliphatic hydroxyl groups is 4. The van der Waals surface area contributed by atoms with Crippen LogP contribution >= 0.6 is 50.5 Å². The van der Waals surface area contributed by atoms with Gasteiger partial charge in [-0.2, -0.15) is 36.0 Å². The van der Waals surface area contributed by atoms with E-state index in [9.17, 15) is 67.7 Å². The fraction of sp³-hybridized carbons (Fsp3) is 0.632. The van der Waals surface area contributed by atoms with E-state index in [-0.39, 0.29) is 97.6 Å². The van der Waals surface area contributed by atoms with Crippen molar-refractivity contribution in [2.24, 2.45) is 0 Å². The van der Waals surface area contributed by atoms with Gasteiger partial charge in [0.05, 0.1) is 83.4 Å². The van der Waals surface area contributed by atoms with Crippen LogP contribution < -0.4 is 71.8 Å². The molecule has 10 rings (SSSR count). The van der Waals surface area contributed by atoms with Crippen LogP contribution in [-0.2, 0) is 73.6 Å². The van der Waals surface area contributed by atoms with Crippen LogP contribution in [0.25, 0.3) is 0 Å². The predicted octanol–water partition coefficient (Wildman–Crippen LogP) is 5.91. The lowest BCUT2D eigenvalue weighted by Crippen LogP contribution is -2.44. The number of aliphatic hydroxyl groups excluding tert-OH is 4. The smallest absolute Gasteiger partial charge is 0.351 e. The van der Waals surface area contributed by atoms with Crippen LogP contribution in [0.15, 0.2) is 136 Å². The molecule has 5 aliphatic heterocycles. The average Bonchev–Trinajstić information content (AvgIpc) is 1.92. The number of rotatable bonds is 30. The van der Waals surface area contributed by atoms with Crippen LogP contribution in [-0.4, -0.2) is 216 Å². The minimum atomic E-state index is -6.03. The van der Waals surface area contributed by atoms with Crippen molar-refractivity contribution in [3.8, 4) is 0 Å². The predicted molar refractivity (Wildman–Crippen MR) is 486 cm³/mol. The number of anilines is 5. The second kappa shape index (κ2) is 51.2. The third-order valence-corrected chi connectivity index (χ3v) is 39.3. The van der Waals surface area contributed by atoms with Gasteiger partial charge in [-0.15, -0.1) is 26.3 Å². The minimum absolute atomic E-state index is 0. The van der Waals surface area contributed by atoms with Gasteiger partial charge < -0.3 is 120 Å². The molecule has 52 heteroatoms. The highest BCUT2D eigenvalue weighted by molar-refractivity contribution is 9.09. The quantitative estimate of drug-likeness (QED) is 0.00839. The Labute approximate surface area is 760 Å². The van der Waals surface area contributed by atoms with Crippen molar-refractivity contribution in [2.45, 2.75) is 248 Å². The van der Waals surface area contributed by atoms with Crippen LogP contribution in [0.1, 0.15) is 133 Å². The monoisotopic (exact) mass is 2010 g/mol. The topological polar surface area (TPSA) is 646 Å². The lowest BCUT2D eigenvalue weighted by molar-refractivity contribution is -0.250. The lowest BCUT2D eigenvalue weighted by atomic mass is 10.2. The molecule has 0 aromatic carbocycles. The van der Waals surface area contributed by atoms with Crippen molar-refractivity contribution in [1.29, 1.82) is 0 Å². The SMILES string of the molecule is C.C=CCBr.C=CCOC1C[C@H](n2ccc(N)nc2=O)O[C@@H]1CO.C=CCOC1C[C@H](n2ccc(N)nc2=O)O[C@@H]1COP(=O)([O-])OP(=O)([O-])OP(=O)([O-])O.C=CCOC1C[C@H](n2ccc(N)nc2=O)O[C@@H]1CO[Si](C)(C)C(C)(C)C.CC(C)(C)[Si](C)(C)Cl.CC(C)(C)[Si](C)(C)OC[C@H]1O[C@@H](n2ccc(N)nc2=O)CC1O.Nc1ccn([C@H]2CC(O)[C@@H](CO)O2)c(=O)n1. The summed E-state index contributed by atoms with van der Waals surface area (Å²) >= 11 is 9.28. The zero-order chi connectivity index (χ0) is 96.3. The van der Waals surface area contributed by atoms with Crippen LogP contribution in [0, 0.1) is 0 Å². The molecule has 0 bridgehead atoms. The molecule has 8 unspecified atom stereocenters. The zero-order valence-electron chi connectivity index (χ0n) is 74.0. The van der Waals surface area contributed by atoms with E-state index in [1.807, 2.05) is 0 Å². The molecule has 18 atom stereocenters. The van der Waals surface area contributed by atoms with Crippen molar-refractivity contribution in [1.82, 2.24) is 47.8 Å². The summed E-state index contributed by atoms with van der Waals surface area (Å²) in [5, 5.41) is 39.3. The Bertz CT molecular complexity index is 4810. The third-order valence-electron chi connectivity index (χ3n) is 20.9. The van der Waals surface area contributed by atoms with Crippen molar-refractivity contribution in [3.63, 3.8) is 0 Å². The zero-order valence-corrected chi connectivity index (χ0v) is 82.0. The van der Waals surface area contributed by atoms with E-state index in [1.165, 1.54) is 67.2 Å². The van der Waals surface area contributed by atoms with E-state index < -0.39 is 156 Å². The van der Waals surface area contributed by atoms with Gasteiger partial charge in [0, 0.05) is 68.4 Å². The summed E-state index contributed by atoms with van der Waals surface area (Å²) in [6.45, 7) is 47.2. The van der Waals surface area contributed by atoms with Gasteiger partial charge in [0.25, 0.3) is 23.5 Å². The minimum Gasteiger partial charge on any atom is -0.756 e. The molecule has 0 amide bonds. The molecule has 0 spiro atoms. The number of halogens is 2. The molecule has 5 aromatic rings. The molecule has 10 heterocycles. The maximum atomic E-state index is 12.1. The molecule has 0 aliphatic carbocycles. The molecule has 5 saturated heterocycles. The second-order valence-corrected chi connectivity index (χ2v) is 55.5. The molecule has 5 aliphatic rings. The van der Waals surface area contributed by atoms with Gasteiger partial charge in [-0.05, 0) is 71.6 Å². The summed E-state index contributed by atoms with van der Waals surface area (Å²) in [5.74, 6) is 0.637. The van der Waals surface area contributed by atoms with Gasteiger partial charge in [0.15, 0.2) is 24.0 Å². The van der Waals surface area contributed by atoms with Crippen LogP contribution in [0.4, 0.5) is 29.1 Å². The van der Waals surface area contributed by atoms with E-state index in [0.717, 1.165) is 9.90 Å². The normalized spacial score (nSPS) is 24.8. The number of allylic oxidation sites excluding steroid dienone is 1. The van der Waals surface area contributed by atoms with Gasteiger partial charge in [-0.25, -0.2) is 32.6 Å². The first-order chi connectivity index (χ1) is 58.7. The molecule has 0 saturated carbocycles. The first-order valence-corrected chi connectivity index (χ1v) is 55.2. The molecule has 5 aromatic heterocycles. The fourth-order valence-electron chi connectivity index (χ4n) is 11.0. The average molecular weight is 2010 g/mol. The van der Waals surface area contributed by atoms with Gasteiger partial charge in [0.1, 0.15) is 90.7 Å². The van der Waals surface area contributed by atoms with Crippen LogP contribution in [0.5, 0.6) is 0 Å². The summed E-state index contributed by atoms with van der Waals surface area (Å²) in [7, 11) is -22.8. The number of hydrogen-bond donors (Lipinski definition) is 10. The Hall–Kier alpha value is -6.37. The molecule has 726 valence electrons. The maximum absolute atomic E-state index is 12.1. The van der Waals surface area contributed by atoms with Crippen LogP contribution in [0.3, 0.4) is 0 Å². The van der Waals surface area contributed by atoms with Crippen LogP contribution in [0.2, 0.25) is 54.4 Å². The molecule has 15 N–H and O–H groups in total. The Kier molecular flexibility index (Phi) is 46.3. The van der Waals surface area contributed by atoms with E-state index in [1.54, 1.807) is 36.7 Å². The van der Waals surface area contributed by atoms with E-state index in [4.69, 9.17) is 96.5 Å². The van der Waals surface area contributed by atoms with Crippen molar-refractivity contribution >= 4 is 104 Å². The molecule has 0 radical (unpaired) electrons. The number of nitrogens with zero attached hydrogens (tertiary/aromatic N) is 10. The Morgan fingerprint density at radius 3 is 0.984 bits per heavy atom. The van der Waals surface area contributed by atoms with Crippen molar-refractivity contribution in [3.05, 3.63) is 164 Å². The lowest BCUT2D eigenvalue weighted by Gasteiger charge is -2.37. The molecule has 5 fully saturated rings. The number of phosphoric acid groups is 3. The first kappa shape index (κ1) is 116. The highest BCUT2D eigenvalue weighted by Gasteiger charge is 2.46. The Balaban J connectivity index is 0.000000403.